The Hall–Kier alpha value is -2.39. The second kappa shape index (κ2) is 4.71. The van der Waals surface area contributed by atoms with Crippen molar-refractivity contribution in [1.29, 1.82) is 5.26 Å². The fourth-order valence-electron chi connectivity index (χ4n) is 2.41. The predicted octanol–water partition coefficient (Wildman–Crippen LogP) is 0.857. The molecule has 0 aliphatic carbocycles. The highest BCUT2D eigenvalue weighted by Crippen LogP contribution is 2.22. The third-order valence-corrected chi connectivity index (χ3v) is 3.30. The second-order valence-corrected chi connectivity index (χ2v) is 4.53. The Kier molecular flexibility index (Phi) is 2.89. The van der Waals surface area contributed by atoms with Crippen molar-refractivity contribution >= 4 is 0 Å². The Morgan fingerprint density at radius 2 is 2.37 bits per heavy atom. The van der Waals surface area contributed by atoms with Gasteiger partial charge < -0.3 is 5.32 Å². The van der Waals surface area contributed by atoms with Gasteiger partial charge in [-0.25, -0.2) is 14.5 Å². The summed E-state index contributed by atoms with van der Waals surface area (Å²) in [6, 6.07) is 9.13. The van der Waals surface area contributed by atoms with Gasteiger partial charge in [0.2, 0.25) is 0 Å². The van der Waals surface area contributed by atoms with Crippen LogP contribution in [0.2, 0.25) is 0 Å². The molecule has 1 fully saturated rings. The molecule has 1 aliphatic rings. The molecule has 0 bridgehead atoms. The summed E-state index contributed by atoms with van der Waals surface area (Å²) >= 11 is 0. The predicted molar refractivity (Wildman–Crippen MR) is 68.9 cm³/mol. The van der Waals surface area contributed by atoms with Crippen molar-refractivity contribution in [3.8, 4) is 11.8 Å². The highest BCUT2D eigenvalue weighted by molar-refractivity contribution is 5.41. The Morgan fingerprint density at radius 3 is 3.11 bits per heavy atom. The van der Waals surface area contributed by atoms with Crippen LogP contribution in [0.3, 0.4) is 0 Å². The first-order chi connectivity index (χ1) is 9.29. The van der Waals surface area contributed by atoms with Crippen molar-refractivity contribution in [2.75, 3.05) is 6.54 Å². The molecule has 96 valence electrons. The minimum Gasteiger partial charge on any atom is -0.307 e. The smallest absolute Gasteiger partial charge is 0.307 e. The molecule has 2 aromatic rings. The van der Waals surface area contributed by atoms with Gasteiger partial charge in [0.1, 0.15) is 0 Å². The number of H-pyrrole nitrogens is 1. The highest BCUT2D eigenvalue weighted by atomic mass is 16.1. The van der Waals surface area contributed by atoms with Crippen molar-refractivity contribution in [2.45, 2.75) is 18.9 Å². The summed E-state index contributed by atoms with van der Waals surface area (Å²) < 4.78 is 1.53. The molecule has 1 aliphatic heterocycles. The maximum Gasteiger partial charge on any atom is 0.347 e. The van der Waals surface area contributed by atoms with E-state index in [1.165, 1.54) is 4.57 Å². The van der Waals surface area contributed by atoms with Gasteiger partial charge >= 0.3 is 5.69 Å². The summed E-state index contributed by atoms with van der Waals surface area (Å²) in [6.07, 6.45) is 2.03. The van der Waals surface area contributed by atoms with E-state index in [1.54, 1.807) is 24.3 Å². The lowest BCUT2D eigenvalue weighted by Gasteiger charge is -2.11. The van der Waals surface area contributed by atoms with E-state index in [4.69, 9.17) is 5.26 Å². The van der Waals surface area contributed by atoms with E-state index in [0.29, 0.717) is 17.1 Å². The molecule has 6 heteroatoms. The lowest BCUT2D eigenvalue weighted by molar-refractivity contribution is 0.591. The van der Waals surface area contributed by atoms with Gasteiger partial charge in [0.25, 0.3) is 0 Å². The quantitative estimate of drug-likeness (QED) is 0.833. The van der Waals surface area contributed by atoms with Gasteiger partial charge in [-0.15, -0.1) is 0 Å². The van der Waals surface area contributed by atoms with Gasteiger partial charge in [-0.1, -0.05) is 6.07 Å². The van der Waals surface area contributed by atoms with E-state index in [1.807, 2.05) is 0 Å². The van der Waals surface area contributed by atoms with Crippen molar-refractivity contribution < 1.29 is 0 Å². The molecule has 1 unspecified atom stereocenters. The summed E-state index contributed by atoms with van der Waals surface area (Å²) in [7, 11) is 0. The van der Waals surface area contributed by atoms with Gasteiger partial charge in [0.05, 0.1) is 23.4 Å². The van der Waals surface area contributed by atoms with Crippen molar-refractivity contribution in [1.82, 2.24) is 20.1 Å². The zero-order chi connectivity index (χ0) is 13.2. The first kappa shape index (κ1) is 11.7. The number of hydrogen-bond donors (Lipinski definition) is 2. The van der Waals surface area contributed by atoms with Gasteiger partial charge in [0.15, 0.2) is 5.82 Å². The Balaban J connectivity index is 2.11. The first-order valence-electron chi connectivity index (χ1n) is 6.21. The van der Waals surface area contributed by atoms with Crippen LogP contribution in [0, 0.1) is 11.3 Å². The van der Waals surface area contributed by atoms with E-state index in [-0.39, 0.29) is 11.7 Å². The summed E-state index contributed by atoms with van der Waals surface area (Å²) in [6.45, 7) is 0.934. The van der Waals surface area contributed by atoms with Crippen LogP contribution < -0.4 is 11.0 Å². The van der Waals surface area contributed by atoms with E-state index < -0.39 is 0 Å². The minimum absolute atomic E-state index is 0.0877. The topological polar surface area (TPSA) is 86.5 Å². The standard InChI is InChI=1S/C13H13N5O/c14-8-9-3-1-4-10(7-9)18-12(16-17-13(18)19)11-5-2-6-15-11/h1,3-4,7,11,15H,2,5-6H2,(H,17,19). The number of aromatic nitrogens is 3. The minimum atomic E-state index is -0.279. The van der Waals surface area contributed by atoms with Crippen LogP contribution in [-0.4, -0.2) is 21.3 Å². The largest absolute Gasteiger partial charge is 0.347 e. The molecule has 0 saturated carbocycles. The summed E-state index contributed by atoms with van der Waals surface area (Å²) in [5.41, 5.74) is 0.913. The molecule has 1 aromatic carbocycles. The average Bonchev–Trinajstić information content (AvgIpc) is 3.07. The lowest BCUT2D eigenvalue weighted by Crippen LogP contribution is -2.22. The molecule has 2 N–H and O–H groups in total. The van der Waals surface area contributed by atoms with Gasteiger partial charge in [-0.05, 0) is 37.6 Å². The first-order valence-corrected chi connectivity index (χ1v) is 6.21. The molecule has 19 heavy (non-hydrogen) atoms. The number of hydrogen-bond acceptors (Lipinski definition) is 4. The van der Waals surface area contributed by atoms with E-state index >= 15 is 0 Å². The van der Waals surface area contributed by atoms with Crippen LogP contribution in [0.15, 0.2) is 29.1 Å². The monoisotopic (exact) mass is 255 g/mol. The lowest BCUT2D eigenvalue weighted by atomic mass is 10.2. The van der Waals surface area contributed by atoms with Crippen LogP contribution >= 0.6 is 0 Å². The fourth-order valence-corrected chi connectivity index (χ4v) is 2.41. The van der Waals surface area contributed by atoms with Crippen LogP contribution in [0.1, 0.15) is 30.3 Å². The van der Waals surface area contributed by atoms with E-state index in [9.17, 15) is 4.79 Å². The third kappa shape index (κ3) is 2.04. The van der Waals surface area contributed by atoms with E-state index in [0.717, 1.165) is 19.4 Å². The molecule has 6 nitrogen and oxygen atoms in total. The molecule has 3 rings (SSSR count). The van der Waals surface area contributed by atoms with Crippen LogP contribution in [0.4, 0.5) is 0 Å². The average molecular weight is 255 g/mol. The van der Waals surface area contributed by atoms with Crippen molar-refractivity contribution in [3.63, 3.8) is 0 Å². The maximum absolute atomic E-state index is 11.9. The zero-order valence-electron chi connectivity index (χ0n) is 10.3. The van der Waals surface area contributed by atoms with Crippen molar-refractivity contribution in [3.05, 3.63) is 46.1 Å². The normalized spacial score (nSPS) is 18.4. The van der Waals surface area contributed by atoms with E-state index in [2.05, 4.69) is 21.6 Å². The second-order valence-electron chi connectivity index (χ2n) is 4.53. The molecule has 0 radical (unpaired) electrons. The Bertz CT molecular complexity index is 688. The third-order valence-electron chi connectivity index (χ3n) is 3.30. The van der Waals surface area contributed by atoms with Crippen LogP contribution in [-0.2, 0) is 0 Å². The number of nitrogens with zero attached hydrogens (tertiary/aromatic N) is 3. The summed E-state index contributed by atoms with van der Waals surface area (Å²) in [5.74, 6) is 0.678. The number of nitrogens with one attached hydrogen (secondary N) is 2. The number of nitriles is 1. The number of rotatable bonds is 2. The number of aromatic amines is 1. The molecule has 1 atom stereocenters. The van der Waals surface area contributed by atoms with Gasteiger partial charge in [-0.3, -0.25) is 0 Å². The highest BCUT2D eigenvalue weighted by Gasteiger charge is 2.23. The maximum atomic E-state index is 11.9. The molecule has 0 amide bonds. The Morgan fingerprint density at radius 1 is 1.47 bits per heavy atom. The van der Waals surface area contributed by atoms with Crippen molar-refractivity contribution in [2.24, 2.45) is 0 Å². The fraction of sp³-hybridized carbons (Fsp3) is 0.308. The number of benzene rings is 1. The van der Waals surface area contributed by atoms with Crippen LogP contribution in [0.25, 0.3) is 5.69 Å². The SMILES string of the molecule is N#Cc1cccc(-n2c(C3CCCN3)n[nH]c2=O)c1. The molecule has 2 heterocycles. The molecular formula is C13H13N5O. The van der Waals surface area contributed by atoms with Gasteiger partial charge in [-0.2, -0.15) is 10.4 Å². The Labute approximate surface area is 109 Å². The van der Waals surface area contributed by atoms with Crippen LogP contribution in [0.5, 0.6) is 0 Å². The molecule has 1 aromatic heterocycles. The molecule has 1 saturated heterocycles. The van der Waals surface area contributed by atoms with Gasteiger partial charge in [0, 0.05) is 0 Å². The molecule has 0 spiro atoms. The summed E-state index contributed by atoms with van der Waals surface area (Å²) in [4.78, 5) is 11.9. The molecular weight excluding hydrogens is 242 g/mol. The summed E-state index contributed by atoms with van der Waals surface area (Å²) in [5, 5.41) is 18.8. The zero-order valence-corrected chi connectivity index (χ0v) is 10.3.